The Morgan fingerprint density at radius 1 is 1.56 bits per heavy atom. The molecule has 0 spiro atoms. The summed E-state index contributed by atoms with van der Waals surface area (Å²) < 4.78 is 5.11. The lowest BCUT2D eigenvalue weighted by atomic mass is 9.94. The van der Waals surface area contributed by atoms with Crippen LogP contribution >= 0.6 is 0 Å². The minimum absolute atomic E-state index is 0.121. The van der Waals surface area contributed by atoms with Gasteiger partial charge in [-0.15, -0.1) is 0 Å². The van der Waals surface area contributed by atoms with Crippen LogP contribution in [0.25, 0.3) is 0 Å². The highest BCUT2D eigenvalue weighted by molar-refractivity contribution is 5.74. The molecule has 0 radical (unpaired) electrons. The normalized spacial score (nSPS) is 33.5. The predicted octanol–water partition coefficient (Wildman–Crippen LogP) is 2.53. The van der Waals surface area contributed by atoms with Crippen LogP contribution in [0.15, 0.2) is 23.0 Å². The van der Waals surface area contributed by atoms with Crippen LogP contribution in [-0.2, 0) is 4.79 Å². The Bertz CT molecular complexity index is 428. The van der Waals surface area contributed by atoms with Gasteiger partial charge in [-0.25, -0.2) is 0 Å². The van der Waals surface area contributed by atoms with Crippen molar-refractivity contribution in [2.24, 2.45) is 11.8 Å². The third-order valence-corrected chi connectivity index (χ3v) is 4.70. The Morgan fingerprint density at radius 2 is 2.39 bits per heavy atom. The lowest BCUT2D eigenvalue weighted by molar-refractivity contribution is -0.144. The minimum atomic E-state index is -0.667. The summed E-state index contributed by atoms with van der Waals surface area (Å²) in [5.41, 5.74) is 1.07. The molecule has 1 saturated carbocycles. The number of aliphatic carboxylic acids is 1. The van der Waals surface area contributed by atoms with E-state index in [9.17, 15) is 9.90 Å². The summed E-state index contributed by atoms with van der Waals surface area (Å²) in [6.45, 7) is 2.98. The van der Waals surface area contributed by atoms with Gasteiger partial charge < -0.3 is 9.52 Å². The van der Waals surface area contributed by atoms with Crippen LogP contribution in [0, 0.1) is 11.8 Å². The summed E-state index contributed by atoms with van der Waals surface area (Å²) in [4.78, 5) is 13.7. The second-order valence-electron chi connectivity index (χ2n) is 5.57. The lowest BCUT2D eigenvalue weighted by Gasteiger charge is -2.29. The molecule has 4 unspecified atom stereocenters. The van der Waals surface area contributed by atoms with Crippen LogP contribution in [0.4, 0.5) is 0 Å². The number of hydrogen-bond acceptors (Lipinski definition) is 3. The van der Waals surface area contributed by atoms with E-state index in [1.807, 2.05) is 6.07 Å². The number of nitrogens with zero attached hydrogens (tertiary/aromatic N) is 1. The number of furan rings is 1. The predicted molar refractivity (Wildman–Crippen MR) is 66.1 cm³/mol. The van der Waals surface area contributed by atoms with E-state index < -0.39 is 5.97 Å². The molecule has 3 rings (SSSR count). The SMILES string of the molecule is CC(c1ccoc1)N1CC2CCCC2C1C(=O)O. The molecule has 2 heterocycles. The summed E-state index contributed by atoms with van der Waals surface area (Å²) >= 11 is 0. The summed E-state index contributed by atoms with van der Waals surface area (Å²) in [6.07, 6.45) is 6.81. The number of likely N-dealkylation sites (tertiary alicyclic amines) is 1. The van der Waals surface area contributed by atoms with Crippen molar-refractivity contribution in [3.8, 4) is 0 Å². The first-order chi connectivity index (χ1) is 8.68. The van der Waals surface area contributed by atoms with Gasteiger partial charge >= 0.3 is 5.97 Å². The van der Waals surface area contributed by atoms with E-state index in [4.69, 9.17) is 4.42 Å². The highest BCUT2D eigenvalue weighted by Gasteiger charge is 2.49. The molecule has 1 aromatic heterocycles. The zero-order valence-electron chi connectivity index (χ0n) is 10.6. The molecule has 4 nitrogen and oxygen atoms in total. The zero-order valence-corrected chi connectivity index (χ0v) is 10.6. The second kappa shape index (κ2) is 4.43. The summed E-state index contributed by atoms with van der Waals surface area (Å²) in [5.74, 6) is 0.247. The van der Waals surface area contributed by atoms with Gasteiger partial charge in [-0.2, -0.15) is 0 Å². The fourth-order valence-electron chi connectivity index (χ4n) is 3.77. The first-order valence-corrected chi connectivity index (χ1v) is 6.69. The van der Waals surface area contributed by atoms with Crippen LogP contribution in [0.1, 0.15) is 37.8 Å². The first kappa shape index (κ1) is 11.8. The molecule has 2 aliphatic rings. The fraction of sp³-hybridized carbons (Fsp3) is 0.643. The smallest absolute Gasteiger partial charge is 0.321 e. The van der Waals surface area contributed by atoms with Crippen molar-refractivity contribution in [3.05, 3.63) is 24.2 Å². The van der Waals surface area contributed by atoms with E-state index in [1.54, 1.807) is 12.5 Å². The third-order valence-electron chi connectivity index (χ3n) is 4.70. The second-order valence-corrected chi connectivity index (χ2v) is 5.57. The number of carboxylic acid groups (broad SMARTS) is 1. The average molecular weight is 249 g/mol. The van der Waals surface area contributed by atoms with E-state index >= 15 is 0 Å². The van der Waals surface area contributed by atoms with Gasteiger partial charge in [0.25, 0.3) is 0 Å². The standard InChI is InChI=1S/C14H19NO3/c1-9(11-5-6-18-8-11)15-7-10-3-2-4-12(10)13(15)14(16)17/h5-6,8-10,12-13H,2-4,7H2,1H3,(H,16,17). The highest BCUT2D eigenvalue weighted by Crippen LogP contribution is 2.45. The Kier molecular flexibility index (Phi) is 2.90. The molecule has 0 aromatic carbocycles. The van der Waals surface area contributed by atoms with Crippen molar-refractivity contribution >= 4 is 5.97 Å². The molecule has 4 atom stereocenters. The fourth-order valence-corrected chi connectivity index (χ4v) is 3.77. The molecule has 1 saturated heterocycles. The average Bonchev–Trinajstić information content (AvgIpc) is 3.03. The van der Waals surface area contributed by atoms with Gasteiger partial charge in [0, 0.05) is 18.2 Å². The van der Waals surface area contributed by atoms with Crippen LogP contribution in [-0.4, -0.2) is 28.6 Å². The van der Waals surface area contributed by atoms with Crippen LogP contribution in [0.5, 0.6) is 0 Å². The maximum Gasteiger partial charge on any atom is 0.321 e. The number of carboxylic acids is 1. The largest absolute Gasteiger partial charge is 0.480 e. The van der Waals surface area contributed by atoms with E-state index in [2.05, 4.69) is 11.8 Å². The van der Waals surface area contributed by atoms with Crippen molar-refractivity contribution in [3.63, 3.8) is 0 Å². The van der Waals surface area contributed by atoms with Gasteiger partial charge in [-0.1, -0.05) is 6.42 Å². The zero-order chi connectivity index (χ0) is 12.7. The number of carbonyl (C=O) groups is 1. The van der Waals surface area contributed by atoms with Gasteiger partial charge in [0.15, 0.2) is 0 Å². The van der Waals surface area contributed by atoms with E-state index in [0.717, 1.165) is 18.5 Å². The van der Waals surface area contributed by atoms with Crippen LogP contribution < -0.4 is 0 Å². The third kappa shape index (κ3) is 1.75. The Balaban J connectivity index is 1.85. The lowest BCUT2D eigenvalue weighted by Crippen LogP contribution is -2.40. The summed E-state index contributed by atoms with van der Waals surface area (Å²) in [5, 5.41) is 9.51. The van der Waals surface area contributed by atoms with Gasteiger partial charge in [0.2, 0.25) is 0 Å². The summed E-state index contributed by atoms with van der Waals surface area (Å²) in [6, 6.07) is 1.73. The Morgan fingerprint density at radius 3 is 3.06 bits per heavy atom. The molecule has 4 heteroatoms. The van der Waals surface area contributed by atoms with E-state index in [0.29, 0.717) is 11.8 Å². The molecule has 18 heavy (non-hydrogen) atoms. The molecule has 1 N–H and O–H groups in total. The maximum absolute atomic E-state index is 11.6. The highest BCUT2D eigenvalue weighted by atomic mass is 16.4. The number of hydrogen-bond donors (Lipinski definition) is 1. The van der Waals surface area contributed by atoms with Gasteiger partial charge in [0.1, 0.15) is 6.04 Å². The topological polar surface area (TPSA) is 53.7 Å². The van der Waals surface area contributed by atoms with Crippen LogP contribution in [0.2, 0.25) is 0 Å². The maximum atomic E-state index is 11.6. The molecule has 1 aliphatic heterocycles. The van der Waals surface area contributed by atoms with E-state index in [-0.39, 0.29) is 12.1 Å². The van der Waals surface area contributed by atoms with Gasteiger partial charge in [-0.3, -0.25) is 9.69 Å². The first-order valence-electron chi connectivity index (χ1n) is 6.69. The van der Waals surface area contributed by atoms with Crippen LogP contribution in [0.3, 0.4) is 0 Å². The molecular weight excluding hydrogens is 230 g/mol. The van der Waals surface area contributed by atoms with Crippen molar-refractivity contribution < 1.29 is 14.3 Å². The minimum Gasteiger partial charge on any atom is -0.480 e. The van der Waals surface area contributed by atoms with Crippen molar-refractivity contribution in [1.29, 1.82) is 0 Å². The number of rotatable bonds is 3. The molecule has 1 aliphatic carbocycles. The molecule has 0 amide bonds. The number of fused-ring (bicyclic) bond motifs is 1. The molecule has 2 fully saturated rings. The Hall–Kier alpha value is -1.29. The molecule has 1 aromatic rings. The molecular formula is C14H19NO3. The van der Waals surface area contributed by atoms with Gasteiger partial charge in [-0.05, 0) is 37.7 Å². The monoisotopic (exact) mass is 249 g/mol. The van der Waals surface area contributed by atoms with E-state index in [1.165, 1.54) is 12.8 Å². The summed E-state index contributed by atoms with van der Waals surface area (Å²) in [7, 11) is 0. The van der Waals surface area contributed by atoms with Crippen molar-refractivity contribution in [2.75, 3.05) is 6.54 Å². The quantitative estimate of drug-likeness (QED) is 0.894. The van der Waals surface area contributed by atoms with Crippen molar-refractivity contribution in [2.45, 2.75) is 38.3 Å². The van der Waals surface area contributed by atoms with Crippen molar-refractivity contribution in [1.82, 2.24) is 4.90 Å². The Labute approximate surface area is 107 Å². The molecule has 98 valence electrons. The van der Waals surface area contributed by atoms with Gasteiger partial charge in [0.05, 0.1) is 12.5 Å². The molecule has 0 bridgehead atoms.